The minimum absolute atomic E-state index is 0.00847. The van der Waals surface area contributed by atoms with E-state index in [1.165, 1.54) is 0 Å². The number of ether oxygens (including phenoxy) is 1. The third kappa shape index (κ3) is 2.88. The van der Waals surface area contributed by atoms with E-state index in [2.05, 4.69) is 32.5 Å². The molecule has 0 aliphatic carbocycles. The highest BCUT2D eigenvalue weighted by Gasteiger charge is 2.24. The molecular weight excluding hydrogens is 308 g/mol. The molecule has 0 amide bonds. The van der Waals surface area contributed by atoms with Crippen LogP contribution in [-0.2, 0) is 24.3 Å². The second-order valence-corrected chi connectivity index (χ2v) is 5.66. The van der Waals surface area contributed by atoms with Gasteiger partial charge in [0.1, 0.15) is 5.69 Å². The zero-order chi connectivity index (χ0) is 16.4. The minimum Gasteiger partial charge on any atom is -0.472 e. The summed E-state index contributed by atoms with van der Waals surface area (Å²) < 4.78 is 12.9. The van der Waals surface area contributed by atoms with Gasteiger partial charge in [-0.15, -0.1) is 5.10 Å². The molecule has 8 nitrogen and oxygen atoms in total. The molecule has 3 aromatic heterocycles. The van der Waals surface area contributed by atoms with Gasteiger partial charge in [-0.3, -0.25) is 0 Å². The lowest BCUT2D eigenvalue weighted by Crippen LogP contribution is -2.33. The molecule has 0 aromatic carbocycles. The monoisotopic (exact) mass is 326 g/mol. The van der Waals surface area contributed by atoms with E-state index in [1.807, 2.05) is 23.1 Å². The van der Waals surface area contributed by atoms with Gasteiger partial charge in [-0.05, 0) is 18.1 Å². The molecule has 0 saturated heterocycles. The van der Waals surface area contributed by atoms with Crippen LogP contribution in [0.5, 0.6) is 0 Å². The lowest BCUT2D eigenvalue weighted by Gasteiger charge is -2.24. The molecule has 1 atom stereocenters. The number of fused-ring (bicyclic) bond motifs is 1. The number of anilines is 1. The predicted molar refractivity (Wildman–Crippen MR) is 86.2 cm³/mol. The fourth-order valence-corrected chi connectivity index (χ4v) is 2.65. The topological polar surface area (TPSA) is 90.9 Å². The van der Waals surface area contributed by atoms with Crippen LogP contribution < -0.4 is 5.32 Å². The van der Waals surface area contributed by atoms with Crippen LogP contribution in [0.3, 0.4) is 0 Å². The van der Waals surface area contributed by atoms with E-state index in [-0.39, 0.29) is 6.10 Å². The first-order chi connectivity index (χ1) is 11.8. The fourth-order valence-electron chi connectivity index (χ4n) is 2.65. The largest absolute Gasteiger partial charge is 0.472 e. The molecule has 0 saturated carbocycles. The second-order valence-electron chi connectivity index (χ2n) is 5.66. The lowest BCUT2D eigenvalue weighted by atomic mass is 10.2. The van der Waals surface area contributed by atoms with Gasteiger partial charge < -0.3 is 14.5 Å². The molecular formula is C16H18N6O2. The normalized spacial score (nSPS) is 16.8. The molecule has 0 radical (unpaired) electrons. The van der Waals surface area contributed by atoms with Gasteiger partial charge >= 0.3 is 0 Å². The Balaban J connectivity index is 1.39. The van der Waals surface area contributed by atoms with Crippen molar-refractivity contribution in [1.29, 1.82) is 0 Å². The molecule has 4 heterocycles. The summed E-state index contributed by atoms with van der Waals surface area (Å²) in [6.45, 7) is 3.80. The molecule has 8 heteroatoms. The van der Waals surface area contributed by atoms with Crippen LogP contribution in [0.15, 0.2) is 35.4 Å². The molecule has 0 fully saturated rings. The Kier molecular flexibility index (Phi) is 3.96. The quantitative estimate of drug-likeness (QED) is 0.765. The van der Waals surface area contributed by atoms with Crippen molar-refractivity contribution in [3.8, 4) is 11.3 Å². The Morgan fingerprint density at radius 3 is 2.96 bits per heavy atom. The van der Waals surface area contributed by atoms with Gasteiger partial charge in [0.15, 0.2) is 0 Å². The van der Waals surface area contributed by atoms with Gasteiger partial charge in [0, 0.05) is 24.5 Å². The number of nitrogens with one attached hydrogen (secondary N) is 1. The summed E-state index contributed by atoms with van der Waals surface area (Å²) in [5, 5.41) is 11.7. The van der Waals surface area contributed by atoms with Crippen LogP contribution in [0.1, 0.15) is 18.2 Å². The highest BCUT2D eigenvalue weighted by atomic mass is 16.5. The number of aryl methyl sites for hydroxylation is 1. The smallest absolute Gasteiger partial charge is 0.222 e. The molecule has 124 valence electrons. The molecule has 4 rings (SSSR count). The van der Waals surface area contributed by atoms with Crippen molar-refractivity contribution >= 4 is 5.95 Å². The summed E-state index contributed by atoms with van der Waals surface area (Å²) in [4.78, 5) is 8.59. The van der Waals surface area contributed by atoms with Crippen molar-refractivity contribution in [2.75, 3.05) is 11.9 Å². The Morgan fingerprint density at radius 1 is 1.33 bits per heavy atom. The predicted octanol–water partition coefficient (Wildman–Crippen LogP) is 1.90. The number of aromatic nitrogens is 5. The second kappa shape index (κ2) is 6.40. The zero-order valence-electron chi connectivity index (χ0n) is 13.3. The van der Waals surface area contributed by atoms with E-state index in [0.717, 1.165) is 28.9 Å². The van der Waals surface area contributed by atoms with Crippen molar-refractivity contribution in [2.45, 2.75) is 32.6 Å². The number of hydrogen-bond donors (Lipinski definition) is 1. The maximum atomic E-state index is 5.92. The maximum absolute atomic E-state index is 5.92. The number of nitrogens with zero attached hydrogens (tertiary/aromatic N) is 5. The summed E-state index contributed by atoms with van der Waals surface area (Å²) >= 11 is 0. The maximum Gasteiger partial charge on any atom is 0.222 e. The summed E-state index contributed by atoms with van der Waals surface area (Å²) in [5.41, 5.74) is 3.82. The highest BCUT2D eigenvalue weighted by molar-refractivity contribution is 5.59. The van der Waals surface area contributed by atoms with E-state index in [1.54, 1.807) is 12.5 Å². The zero-order valence-corrected chi connectivity index (χ0v) is 13.3. The number of hydrogen-bond acceptors (Lipinski definition) is 7. The fraction of sp³-hybridized carbons (Fsp3) is 0.375. The molecule has 1 unspecified atom stereocenters. The van der Waals surface area contributed by atoms with Crippen molar-refractivity contribution < 1.29 is 9.15 Å². The molecule has 1 aliphatic rings. The Morgan fingerprint density at radius 2 is 2.21 bits per heavy atom. The molecule has 3 aromatic rings. The summed E-state index contributed by atoms with van der Waals surface area (Å²) in [7, 11) is 0. The minimum atomic E-state index is -0.00847. The molecule has 0 bridgehead atoms. The lowest BCUT2D eigenvalue weighted by molar-refractivity contribution is 0.00879. The van der Waals surface area contributed by atoms with Gasteiger partial charge in [0.2, 0.25) is 5.95 Å². The Bertz CT molecular complexity index is 797. The van der Waals surface area contributed by atoms with E-state index in [0.29, 0.717) is 25.6 Å². The van der Waals surface area contributed by atoms with Gasteiger partial charge in [-0.2, -0.15) is 0 Å². The first-order valence-electron chi connectivity index (χ1n) is 7.95. The van der Waals surface area contributed by atoms with Crippen LogP contribution >= 0.6 is 0 Å². The van der Waals surface area contributed by atoms with E-state index in [9.17, 15) is 0 Å². The van der Waals surface area contributed by atoms with Crippen LogP contribution in [0, 0.1) is 0 Å². The Hall–Kier alpha value is -2.74. The van der Waals surface area contributed by atoms with E-state index in [4.69, 9.17) is 9.15 Å². The van der Waals surface area contributed by atoms with Crippen LogP contribution in [0.4, 0.5) is 5.95 Å². The van der Waals surface area contributed by atoms with Crippen LogP contribution in [-0.4, -0.2) is 37.6 Å². The molecule has 0 spiro atoms. The third-order valence-electron chi connectivity index (χ3n) is 4.07. The van der Waals surface area contributed by atoms with Crippen molar-refractivity contribution in [1.82, 2.24) is 25.0 Å². The first-order valence-corrected chi connectivity index (χ1v) is 7.95. The van der Waals surface area contributed by atoms with Crippen LogP contribution in [0.25, 0.3) is 11.3 Å². The van der Waals surface area contributed by atoms with Crippen molar-refractivity contribution in [3.63, 3.8) is 0 Å². The molecule has 1 aliphatic heterocycles. The number of furan rings is 1. The summed E-state index contributed by atoms with van der Waals surface area (Å²) in [6.07, 6.45) is 7.89. The van der Waals surface area contributed by atoms with Crippen LogP contribution in [0.2, 0.25) is 0 Å². The Labute approximate surface area is 138 Å². The average Bonchev–Trinajstić information content (AvgIpc) is 3.29. The van der Waals surface area contributed by atoms with Gasteiger partial charge in [0.25, 0.3) is 0 Å². The molecule has 1 N–H and O–H groups in total. The first kappa shape index (κ1) is 14.8. The standard InChI is InChI=1S/C16H18N6O2/c1-2-11-5-17-16(18-6-11)19-7-13-8-22-14(10-24-13)15(20-21-22)12-3-4-23-9-12/h3-6,9,13H,2,7-8,10H2,1H3,(H,17,18,19). The van der Waals surface area contributed by atoms with Gasteiger partial charge in [-0.25, -0.2) is 14.6 Å². The molecule has 24 heavy (non-hydrogen) atoms. The van der Waals surface area contributed by atoms with E-state index >= 15 is 0 Å². The van der Waals surface area contributed by atoms with Crippen molar-refractivity contribution in [3.05, 3.63) is 42.2 Å². The van der Waals surface area contributed by atoms with Gasteiger partial charge in [0.05, 0.1) is 37.5 Å². The third-order valence-corrected chi connectivity index (χ3v) is 4.07. The van der Waals surface area contributed by atoms with Gasteiger partial charge in [-0.1, -0.05) is 12.1 Å². The average molecular weight is 326 g/mol. The highest BCUT2D eigenvalue weighted by Crippen LogP contribution is 2.25. The van der Waals surface area contributed by atoms with Crippen molar-refractivity contribution in [2.24, 2.45) is 0 Å². The van der Waals surface area contributed by atoms with E-state index < -0.39 is 0 Å². The summed E-state index contributed by atoms with van der Waals surface area (Å²) in [5.74, 6) is 0.610. The summed E-state index contributed by atoms with van der Waals surface area (Å²) in [6, 6.07) is 1.87. The number of rotatable bonds is 5. The SMILES string of the molecule is CCc1cnc(NCC2Cn3nnc(-c4ccoc4)c3CO2)nc1.